The summed E-state index contributed by atoms with van der Waals surface area (Å²) in [7, 11) is 0. The van der Waals surface area contributed by atoms with Gasteiger partial charge in [-0.2, -0.15) is 0 Å². The number of halogens is 1. The zero-order valence-corrected chi connectivity index (χ0v) is 8.27. The van der Waals surface area contributed by atoms with Gasteiger partial charge in [-0.15, -0.1) is 0 Å². The minimum atomic E-state index is -0.832. The molecule has 1 aromatic rings. The van der Waals surface area contributed by atoms with Gasteiger partial charge in [0.15, 0.2) is 0 Å². The average molecular weight is 246 g/mol. The Labute approximate surface area is 83.5 Å². The molecular formula is C8H8BrNO3. The van der Waals surface area contributed by atoms with E-state index >= 15 is 0 Å². The van der Waals surface area contributed by atoms with E-state index in [4.69, 9.17) is 0 Å². The largest absolute Gasteiger partial charge is 0.387 e. The first-order valence-corrected chi connectivity index (χ1v) is 4.76. The maximum atomic E-state index is 10.5. The predicted molar refractivity (Wildman–Crippen MR) is 51.9 cm³/mol. The fourth-order valence-electron chi connectivity index (χ4n) is 1.02. The Balaban J connectivity index is 3.11. The molecule has 0 aromatic heterocycles. The summed E-state index contributed by atoms with van der Waals surface area (Å²) in [5.41, 5.74) is 0.291. The molecule has 0 saturated carbocycles. The monoisotopic (exact) mass is 245 g/mol. The van der Waals surface area contributed by atoms with Crippen LogP contribution >= 0.6 is 15.9 Å². The highest BCUT2D eigenvalue weighted by molar-refractivity contribution is 9.09. The normalized spacial score (nSPS) is 12.5. The number of rotatable bonds is 3. The van der Waals surface area contributed by atoms with E-state index in [1.807, 2.05) is 0 Å². The lowest BCUT2D eigenvalue weighted by Crippen LogP contribution is -2.02. The van der Waals surface area contributed by atoms with Gasteiger partial charge in [-0.05, 0) is 6.07 Å². The number of nitrogens with zero attached hydrogens (tertiary/aromatic N) is 1. The smallest absolute Gasteiger partial charge is 0.275 e. The zero-order chi connectivity index (χ0) is 9.84. The van der Waals surface area contributed by atoms with Crippen LogP contribution in [-0.4, -0.2) is 15.4 Å². The van der Waals surface area contributed by atoms with Gasteiger partial charge in [0.25, 0.3) is 5.69 Å². The Morgan fingerprint density at radius 1 is 1.54 bits per heavy atom. The summed E-state index contributed by atoms with van der Waals surface area (Å²) in [5.74, 6) is 0. The molecule has 13 heavy (non-hydrogen) atoms. The number of aliphatic hydroxyl groups excluding tert-OH is 1. The van der Waals surface area contributed by atoms with Gasteiger partial charge in [-0.1, -0.05) is 28.1 Å². The van der Waals surface area contributed by atoms with E-state index < -0.39 is 11.0 Å². The van der Waals surface area contributed by atoms with E-state index in [-0.39, 0.29) is 11.0 Å². The topological polar surface area (TPSA) is 63.4 Å². The second-order valence-electron chi connectivity index (χ2n) is 2.49. The van der Waals surface area contributed by atoms with Gasteiger partial charge >= 0.3 is 0 Å². The Morgan fingerprint density at radius 3 is 2.69 bits per heavy atom. The van der Waals surface area contributed by atoms with Crippen LogP contribution in [0.5, 0.6) is 0 Å². The van der Waals surface area contributed by atoms with Crippen LogP contribution in [0.1, 0.15) is 11.7 Å². The third-order valence-electron chi connectivity index (χ3n) is 1.64. The van der Waals surface area contributed by atoms with Gasteiger partial charge in [0.1, 0.15) is 0 Å². The minimum absolute atomic E-state index is 0.0468. The summed E-state index contributed by atoms with van der Waals surface area (Å²) in [6, 6.07) is 6.15. The number of nitro benzene ring substituents is 1. The number of benzene rings is 1. The molecule has 0 radical (unpaired) electrons. The number of alkyl halides is 1. The quantitative estimate of drug-likeness (QED) is 0.504. The SMILES string of the molecule is O=[N+]([O-])c1ccccc1C(O)CBr. The average Bonchev–Trinajstić information content (AvgIpc) is 2.16. The molecule has 0 aliphatic heterocycles. The third kappa shape index (κ3) is 2.26. The predicted octanol–water partition coefficient (Wildman–Crippen LogP) is 2.02. The van der Waals surface area contributed by atoms with E-state index in [1.165, 1.54) is 6.07 Å². The van der Waals surface area contributed by atoms with Gasteiger partial charge in [0.2, 0.25) is 0 Å². The third-order valence-corrected chi connectivity index (χ3v) is 2.25. The van der Waals surface area contributed by atoms with Crippen LogP contribution in [0.4, 0.5) is 5.69 Å². The van der Waals surface area contributed by atoms with Crippen LogP contribution in [0.25, 0.3) is 0 Å². The molecule has 0 heterocycles. The highest BCUT2D eigenvalue weighted by Gasteiger charge is 2.17. The van der Waals surface area contributed by atoms with Crippen molar-refractivity contribution >= 4 is 21.6 Å². The van der Waals surface area contributed by atoms with Gasteiger partial charge in [0.05, 0.1) is 16.6 Å². The van der Waals surface area contributed by atoms with Crippen LogP contribution in [0.2, 0.25) is 0 Å². The molecule has 1 N–H and O–H groups in total. The van der Waals surface area contributed by atoms with Crippen molar-refractivity contribution in [2.24, 2.45) is 0 Å². The van der Waals surface area contributed by atoms with Gasteiger partial charge < -0.3 is 5.11 Å². The van der Waals surface area contributed by atoms with Crippen molar-refractivity contribution in [2.45, 2.75) is 6.10 Å². The Bertz CT molecular complexity index is 316. The van der Waals surface area contributed by atoms with E-state index in [0.717, 1.165) is 0 Å². The molecule has 0 spiro atoms. The zero-order valence-electron chi connectivity index (χ0n) is 6.68. The standard InChI is InChI=1S/C8H8BrNO3/c9-5-8(11)6-3-1-2-4-7(6)10(12)13/h1-4,8,11H,5H2. The Kier molecular flexibility index (Phi) is 3.39. The Morgan fingerprint density at radius 2 is 2.15 bits per heavy atom. The second-order valence-corrected chi connectivity index (χ2v) is 3.13. The molecule has 1 rings (SSSR count). The molecule has 0 aliphatic rings. The van der Waals surface area contributed by atoms with E-state index in [0.29, 0.717) is 5.56 Å². The highest BCUT2D eigenvalue weighted by Crippen LogP contribution is 2.25. The van der Waals surface area contributed by atoms with Crippen molar-refractivity contribution in [1.82, 2.24) is 0 Å². The van der Waals surface area contributed by atoms with Gasteiger partial charge in [-0.25, -0.2) is 0 Å². The lowest BCUT2D eigenvalue weighted by Gasteiger charge is -2.06. The van der Waals surface area contributed by atoms with Crippen molar-refractivity contribution in [1.29, 1.82) is 0 Å². The Hall–Kier alpha value is -0.940. The molecule has 1 aromatic carbocycles. The van der Waals surface area contributed by atoms with Gasteiger partial charge in [-0.3, -0.25) is 10.1 Å². The number of nitro groups is 1. The lowest BCUT2D eigenvalue weighted by molar-refractivity contribution is -0.386. The van der Waals surface area contributed by atoms with Crippen LogP contribution in [0.3, 0.4) is 0 Å². The summed E-state index contributed by atoms with van der Waals surface area (Å²) in [6.07, 6.45) is -0.832. The molecule has 0 saturated heterocycles. The van der Waals surface area contributed by atoms with E-state index in [1.54, 1.807) is 18.2 Å². The fraction of sp³-hybridized carbons (Fsp3) is 0.250. The van der Waals surface area contributed by atoms with E-state index in [9.17, 15) is 15.2 Å². The van der Waals surface area contributed by atoms with Crippen LogP contribution in [-0.2, 0) is 0 Å². The van der Waals surface area contributed by atoms with Crippen LogP contribution in [0.15, 0.2) is 24.3 Å². The number of para-hydroxylation sites is 1. The lowest BCUT2D eigenvalue weighted by atomic mass is 10.1. The molecule has 1 unspecified atom stereocenters. The van der Waals surface area contributed by atoms with Crippen molar-refractivity contribution in [2.75, 3.05) is 5.33 Å². The second kappa shape index (κ2) is 4.34. The maximum Gasteiger partial charge on any atom is 0.275 e. The van der Waals surface area contributed by atoms with Crippen molar-refractivity contribution in [3.05, 3.63) is 39.9 Å². The molecule has 0 fully saturated rings. The number of hydrogen-bond acceptors (Lipinski definition) is 3. The number of aliphatic hydroxyl groups is 1. The van der Waals surface area contributed by atoms with Gasteiger partial charge in [0, 0.05) is 11.4 Å². The first-order chi connectivity index (χ1) is 6.16. The maximum absolute atomic E-state index is 10.5. The number of hydrogen-bond donors (Lipinski definition) is 1. The highest BCUT2D eigenvalue weighted by atomic mass is 79.9. The molecule has 0 aliphatic carbocycles. The molecule has 70 valence electrons. The first kappa shape index (κ1) is 10.1. The molecule has 5 heteroatoms. The van der Waals surface area contributed by atoms with Crippen LogP contribution < -0.4 is 0 Å². The van der Waals surface area contributed by atoms with E-state index in [2.05, 4.69) is 15.9 Å². The summed E-state index contributed by atoms with van der Waals surface area (Å²) in [6.45, 7) is 0. The summed E-state index contributed by atoms with van der Waals surface area (Å²) >= 11 is 3.06. The fourth-order valence-corrected chi connectivity index (χ4v) is 1.37. The van der Waals surface area contributed by atoms with Crippen molar-refractivity contribution in [3.63, 3.8) is 0 Å². The molecule has 0 bridgehead atoms. The first-order valence-electron chi connectivity index (χ1n) is 3.64. The minimum Gasteiger partial charge on any atom is -0.387 e. The molecule has 1 atom stereocenters. The van der Waals surface area contributed by atoms with Crippen molar-refractivity contribution in [3.8, 4) is 0 Å². The molecular weight excluding hydrogens is 238 g/mol. The van der Waals surface area contributed by atoms with Crippen LogP contribution in [0, 0.1) is 10.1 Å². The molecule has 0 amide bonds. The molecule has 4 nitrogen and oxygen atoms in total. The van der Waals surface area contributed by atoms with Crippen molar-refractivity contribution < 1.29 is 10.0 Å². The summed E-state index contributed by atoms with van der Waals surface area (Å²) in [5, 5.41) is 20.2. The summed E-state index contributed by atoms with van der Waals surface area (Å²) < 4.78 is 0. The summed E-state index contributed by atoms with van der Waals surface area (Å²) in [4.78, 5) is 10.0.